The molecule has 102 valence electrons. The number of likely N-dealkylation sites (tertiary alicyclic amines) is 1. The minimum atomic E-state index is 0.146. The number of H-pyrrole nitrogens is 1. The molecule has 0 spiro atoms. The van der Waals surface area contributed by atoms with Gasteiger partial charge in [-0.2, -0.15) is 17.0 Å². The summed E-state index contributed by atoms with van der Waals surface area (Å²) in [5.41, 5.74) is 1.30. The molecule has 0 saturated carbocycles. The zero-order chi connectivity index (χ0) is 13.1. The summed E-state index contributed by atoms with van der Waals surface area (Å²) in [7, 11) is 0. The smallest absolute Gasteiger partial charge is 0.246 e. The number of amides is 1. The number of hydrogen-bond acceptors (Lipinski definition) is 5. The number of rotatable bonds is 2. The third-order valence-corrected chi connectivity index (χ3v) is 4.68. The normalized spacial score (nSPS) is 23.7. The second kappa shape index (κ2) is 5.73. The van der Waals surface area contributed by atoms with Crippen LogP contribution in [0.4, 0.5) is 0 Å². The highest BCUT2D eigenvalue weighted by atomic mass is 32.2. The van der Waals surface area contributed by atoms with Crippen molar-refractivity contribution in [2.24, 2.45) is 0 Å². The van der Waals surface area contributed by atoms with Gasteiger partial charge >= 0.3 is 0 Å². The largest absolute Gasteiger partial charge is 0.338 e. The van der Waals surface area contributed by atoms with E-state index >= 15 is 0 Å². The van der Waals surface area contributed by atoms with Gasteiger partial charge in [0.25, 0.3) is 0 Å². The molecule has 0 bridgehead atoms. The Morgan fingerprint density at radius 1 is 1.42 bits per heavy atom. The molecule has 1 aromatic heterocycles. The summed E-state index contributed by atoms with van der Waals surface area (Å²) in [6, 6.07) is 0. The van der Waals surface area contributed by atoms with E-state index in [-0.39, 0.29) is 11.8 Å². The van der Waals surface area contributed by atoms with Crippen molar-refractivity contribution < 1.29 is 4.79 Å². The van der Waals surface area contributed by atoms with Crippen molar-refractivity contribution in [3.63, 3.8) is 0 Å². The quantitative estimate of drug-likeness (QED) is 0.816. The molecule has 19 heavy (non-hydrogen) atoms. The van der Waals surface area contributed by atoms with Crippen molar-refractivity contribution in [1.29, 1.82) is 0 Å². The molecular formula is C12H17N5OS. The summed E-state index contributed by atoms with van der Waals surface area (Å²) in [5, 5.41) is 14.1. The van der Waals surface area contributed by atoms with Crippen LogP contribution in [0.25, 0.3) is 0 Å². The maximum atomic E-state index is 12.2. The maximum Gasteiger partial charge on any atom is 0.246 e. The SMILES string of the molecule is O=C(C=C1CCSCC1)N1CCC(c2nn[nH]n2)C1. The van der Waals surface area contributed by atoms with E-state index in [1.807, 2.05) is 22.7 Å². The Bertz CT molecular complexity index is 464. The molecule has 1 amide bonds. The number of allylic oxidation sites excluding steroid dienone is 1. The number of aromatic nitrogens is 4. The fourth-order valence-electron chi connectivity index (χ4n) is 2.56. The number of aromatic amines is 1. The minimum Gasteiger partial charge on any atom is -0.338 e. The average Bonchev–Trinajstić information content (AvgIpc) is 3.11. The highest BCUT2D eigenvalue weighted by Crippen LogP contribution is 2.26. The summed E-state index contributed by atoms with van der Waals surface area (Å²) in [4.78, 5) is 14.1. The van der Waals surface area contributed by atoms with Crippen LogP contribution in [-0.2, 0) is 4.79 Å². The zero-order valence-electron chi connectivity index (χ0n) is 10.7. The molecule has 3 rings (SSSR count). The van der Waals surface area contributed by atoms with Crippen LogP contribution in [0.2, 0.25) is 0 Å². The second-order valence-electron chi connectivity index (χ2n) is 4.95. The van der Waals surface area contributed by atoms with Gasteiger partial charge in [-0.05, 0) is 30.8 Å². The molecule has 2 fully saturated rings. The van der Waals surface area contributed by atoms with E-state index in [2.05, 4.69) is 20.6 Å². The van der Waals surface area contributed by atoms with E-state index < -0.39 is 0 Å². The summed E-state index contributed by atoms with van der Waals surface area (Å²) in [6.07, 6.45) is 4.87. The van der Waals surface area contributed by atoms with E-state index in [9.17, 15) is 4.79 Å². The monoisotopic (exact) mass is 279 g/mol. The Morgan fingerprint density at radius 2 is 2.26 bits per heavy atom. The molecule has 2 aliphatic heterocycles. The molecule has 6 nitrogen and oxygen atoms in total. The Kier molecular flexibility index (Phi) is 3.82. The first kappa shape index (κ1) is 12.7. The highest BCUT2D eigenvalue weighted by molar-refractivity contribution is 7.99. The lowest BCUT2D eigenvalue weighted by molar-refractivity contribution is -0.125. The molecule has 2 saturated heterocycles. The highest BCUT2D eigenvalue weighted by Gasteiger charge is 2.29. The van der Waals surface area contributed by atoms with Crippen LogP contribution in [0.1, 0.15) is 31.0 Å². The Hall–Kier alpha value is -1.37. The van der Waals surface area contributed by atoms with Gasteiger partial charge in [-0.1, -0.05) is 10.8 Å². The molecule has 1 atom stereocenters. The molecular weight excluding hydrogens is 262 g/mol. The number of hydrogen-bond donors (Lipinski definition) is 1. The number of nitrogens with zero attached hydrogens (tertiary/aromatic N) is 4. The molecule has 0 radical (unpaired) electrons. The van der Waals surface area contributed by atoms with Gasteiger partial charge in [0, 0.05) is 25.1 Å². The van der Waals surface area contributed by atoms with Gasteiger partial charge in [0.1, 0.15) is 0 Å². The number of tetrazole rings is 1. The molecule has 0 aliphatic carbocycles. The first-order chi connectivity index (χ1) is 9.33. The first-order valence-electron chi connectivity index (χ1n) is 6.62. The molecule has 2 aliphatic rings. The van der Waals surface area contributed by atoms with Crippen molar-refractivity contribution in [3.8, 4) is 0 Å². The van der Waals surface area contributed by atoms with Crippen LogP contribution in [-0.4, -0.2) is 56.0 Å². The van der Waals surface area contributed by atoms with E-state index in [0.717, 1.165) is 43.1 Å². The van der Waals surface area contributed by atoms with Crippen LogP contribution in [0.15, 0.2) is 11.6 Å². The summed E-state index contributed by atoms with van der Waals surface area (Å²) in [5.74, 6) is 3.38. The van der Waals surface area contributed by atoms with Crippen LogP contribution < -0.4 is 0 Å². The van der Waals surface area contributed by atoms with Crippen LogP contribution in [0.3, 0.4) is 0 Å². The lowest BCUT2D eigenvalue weighted by atomic mass is 10.1. The van der Waals surface area contributed by atoms with Gasteiger partial charge in [-0.25, -0.2) is 0 Å². The van der Waals surface area contributed by atoms with Gasteiger partial charge in [-0.15, -0.1) is 10.2 Å². The number of thioether (sulfide) groups is 1. The summed E-state index contributed by atoms with van der Waals surface area (Å²) < 4.78 is 0. The lowest BCUT2D eigenvalue weighted by Crippen LogP contribution is -2.27. The Morgan fingerprint density at radius 3 is 3.00 bits per heavy atom. The van der Waals surface area contributed by atoms with Crippen LogP contribution in [0.5, 0.6) is 0 Å². The zero-order valence-corrected chi connectivity index (χ0v) is 11.5. The summed E-state index contributed by atoms with van der Waals surface area (Å²) in [6.45, 7) is 1.49. The van der Waals surface area contributed by atoms with Gasteiger partial charge in [0.15, 0.2) is 5.82 Å². The number of carbonyl (C=O) groups is 1. The molecule has 3 heterocycles. The lowest BCUT2D eigenvalue weighted by Gasteiger charge is -2.17. The van der Waals surface area contributed by atoms with Crippen molar-refractivity contribution in [3.05, 3.63) is 17.5 Å². The molecule has 1 N–H and O–H groups in total. The van der Waals surface area contributed by atoms with Crippen molar-refractivity contribution in [2.75, 3.05) is 24.6 Å². The predicted molar refractivity (Wildman–Crippen MR) is 72.8 cm³/mol. The summed E-state index contributed by atoms with van der Waals surface area (Å²) >= 11 is 1.96. The molecule has 1 unspecified atom stereocenters. The first-order valence-corrected chi connectivity index (χ1v) is 7.78. The van der Waals surface area contributed by atoms with Gasteiger partial charge < -0.3 is 4.90 Å². The Labute approximate surface area is 116 Å². The van der Waals surface area contributed by atoms with E-state index in [1.54, 1.807) is 0 Å². The predicted octanol–water partition coefficient (Wildman–Crippen LogP) is 0.969. The number of nitrogens with one attached hydrogen (secondary N) is 1. The van der Waals surface area contributed by atoms with Crippen molar-refractivity contribution in [2.45, 2.75) is 25.2 Å². The standard InChI is InChI=1S/C12H17N5OS/c18-11(7-9-2-5-19-6-3-9)17-4-1-10(8-17)12-13-15-16-14-12/h7,10H,1-6,8H2,(H,13,14,15,16). The third-order valence-electron chi connectivity index (χ3n) is 3.69. The molecule has 1 aromatic rings. The topological polar surface area (TPSA) is 74.8 Å². The van der Waals surface area contributed by atoms with Gasteiger partial charge in [0.2, 0.25) is 5.91 Å². The number of carbonyl (C=O) groups excluding carboxylic acids is 1. The molecule has 7 heteroatoms. The van der Waals surface area contributed by atoms with Crippen LogP contribution in [0, 0.1) is 0 Å². The fourth-order valence-corrected chi connectivity index (χ4v) is 3.57. The maximum absolute atomic E-state index is 12.2. The average molecular weight is 279 g/mol. The third kappa shape index (κ3) is 2.97. The van der Waals surface area contributed by atoms with E-state index in [4.69, 9.17) is 0 Å². The van der Waals surface area contributed by atoms with Gasteiger partial charge in [-0.3, -0.25) is 4.79 Å². The van der Waals surface area contributed by atoms with E-state index in [1.165, 1.54) is 5.57 Å². The Balaban J connectivity index is 1.59. The van der Waals surface area contributed by atoms with Gasteiger partial charge in [0.05, 0.1) is 0 Å². The van der Waals surface area contributed by atoms with Crippen molar-refractivity contribution in [1.82, 2.24) is 25.5 Å². The molecule has 0 aromatic carbocycles. The van der Waals surface area contributed by atoms with Crippen molar-refractivity contribution >= 4 is 17.7 Å². The minimum absolute atomic E-state index is 0.146. The van der Waals surface area contributed by atoms with E-state index in [0.29, 0.717) is 6.54 Å². The second-order valence-corrected chi connectivity index (χ2v) is 6.18. The fraction of sp³-hybridized carbons (Fsp3) is 0.667. The van der Waals surface area contributed by atoms with Crippen LogP contribution >= 0.6 is 11.8 Å².